The second-order valence-electron chi connectivity index (χ2n) is 18.9. The van der Waals surface area contributed by atoms with Gasteiger partial charge in [0.15, 0.2) is 0 Å². The number of carboxylic acids is 1. The third-order valence-electron chi connectivity index (χ3n) is 15.9. The number of ether oxygens (including phenoxy) is 1. The number of carbonyl (C=O) groups is 2. The summed E-state index contributed by atoms with van der Waals surface area (Å²) in [6.07, 6.45) is 14.9. The predicted molar refractivity (Wildman–Crippen MR) is 176 cm³/mol. The molecule has 248 valence electrons. The number of carboxylic acid groups (broad SMARTS) is 1. The van der Waals surface area contributed by atoms with Crippen LogP contribution in [0.4, 0.5) is 0 Å². The SMILES string of the molecule is C=C(C)[C@@H]1CC[C@]2(NCC3CC3)CC[C@]3(C)[C@H](CC[C@@H]4[C@@]5(C)CC[C@H](OC(=O)CC(C)(C)C(=O)O)C(C)(C)[C@@H]5CC[C@]43C)[C@@H]12. The first-order valence-corrected chi connectivity index (χ1v) is 18.2. The van der Waals surface area contributed by atoms with Crippen molar-refractivity contribution in [2.45, 2.75) is 151 Å². The third kappa shape index (κ3) is 4.78. The summed E-state index contributed by atoms with van der Waals surface area (Å²) >= 11 is 0. The molecule has 5 nitrogen and oxygen atoms in total. The Hall–Kier alpha value is -1.36. The molecule has 0 aromatic rings. The second-order valence-corrected chi connectivity index (χ2v) is 18.9. The van der Waals surface area contributed by atoms with E-state index in [4.69, 9.17) is 4.74 Å². The van der Waals surface area contributed by atoms with Crippen molar-refractivity contribution in [3.63, 3.8) is 0 Å². The first-order valence-electron chi connectivity index (χ1n) is 18.2. The van der Waals surface area contributed by atoms with Crippen molar-refractivity contribution in [3.05, 3.63) is 12.2 Å². The molecule has 44 heavy (non-hydrogen) atoms. The van der Waals surface area contributed by atoms with E-state index in [-0.39, 0.29) is 29.3 Å². The van der Waals surface area contributed by atoms with Crippen LogP contribution < -0.4 is 5.32 Å². The maximum absolute atomic E-state index is 13.0. The Morgan fingerprint density at radius 1 is 0.864 bits per heavy atom. The summed E-state index contributed by atoms with van der Waals surface area (Å²) in [5.74, 6) is 2.86. The number of esters is 1. The number of nitrogens with one attached hydrogen (secondary N) is 1. The van der Waals surface area contributed by atoms with E-state index in [0.717, 1.165) is 24.7 Å². The van der Waals surface area contributed by atoms with Gasteiger partial charge in [-0.05, 0) is 156 Å². The molecule has 0 radical (unpaired) electrons. The zero-order chi connectivity index (χ0) is 32.1. The molecule has 5 heteroatoms. The van der Waals surface area contributed by atoms with Crippen molar-refractivity contribution >= 4 is 11.9 Å². The lowest BCUT2D eigenvalue weighted by Gasteiger charge is -2.73. The molecule has 6 aliphatic carbocycles. The Balaban J connectivity index is 1.25. The van der Waals surface area contributed by atoms with Crippen molar-refractivity contribution in [1.29, 1.82) is 0 Å². The standard InChI is InChI=1S/C39H63NO4/c1-24(2)26-14-19-39(40-23-25-10-11-25)21-20-37(8)27(32(26)39)12-13-29-36(7)17-16-30(44-31(41)22-34(3,4)33(42)43)35(5,6)28(36)15-18-38(29,37)9/h25-30,32,40H,1,10-23H2,2-9H3,(H,42,43)/t26-,27+,28-,29+,30-,32+,36-,37+,38+,39-/m0/s1. The second kappa shape index (κ2) is 10.6. The Labute approximate surface area is 268 Å². The molecule has 0 amide bonds. The lowest BCUT2D eigenvalue weighted by Crippen LogP contribution is -2.69. The number of fused-ring (bicyclic) bond motifs is 7. The summed E-state index contributed by atoms with van der Waals surface area (Å²) in [6.45, 7) is 24.0. The molecule has 6 rings (SSSR count). The van der Waals surface area contributed by atoms with Gasteiger partial charge in [0.1, 0.15) is 6.10 Å². The largest absolute Gasteiger partial charge is 0.481 e. The number of hydrogen-bond acceptors (Lipinski definition) is 4. The Kier molecular flexibility index (Phi) is 7.83. The van der Waals surface area contributed by atoms with Gasteiger partial charge >= 0.3 is 11.9 Å². The number of rotatable bonds is 8. The van der Waals surface area contributed by atoms with Crippen LogP contribution in [0.3, 0.4) is 0 Å². The molecule has 0 aromatic carbocycles. The van der Waals surface area contributed by atoms with Gasteiger partial charge in [0.25, 0.3) is 0 Å². The van der Waals surface area contributed by atoms with E-state index >= 15 is 0 Å². The zero-order valence-electron chi connectivity index (χ0n) is 29.3. The summed E-state index contributed by atoms with van der Waals surface area (Å²) in [4.78, 5) is 24.7. The number of carbonyl (C=O) groups excluding carboxylic acids is 1. The lowest BCUT2D eigenvalue weighted by molar-refractivity contribution is -0.246. The number of allylic oxidation sites excluding steroid dienone is 1. The Morgan fingerprint density at radius 2 is 1.57 bits per heavy atom. The summed E-state index contributed by atoms with van der Waals surface area (Å²) in [6, 6.07) is 0. The lowest BCUT2D eigenvalue weighted by atomic mass is 9.32. The highest BCUT2D eigenvalue weighted by atomic mass is 16.5. The van der Waals surface area contributed by atoms with Gasteiger partial charge in [-0.2, -0.15) is 0 Å². The predicted octanol–water partition coefficient (Wildman–Crippen LogP) is 8.81. The van der Waals surface area contributed by atoms with E-state index in [1.54, 1.807) is 13.8 Å². The van der Waals surface area contributed by atoms with Crippen LogP contribution in [0.25, 0.3) is 0 Å². The summed E-state index contributed by atoms with van der Waals surface area (Å²) in [5.41, 5.74) is 1.32. The zero-order valence-corrected chi connectivity index (χ0v) is 29.3. The van der Waals surface area contributed by atoms with Gasteiger partial charge in [-0.1, -0.05) is 46.8 Å². The highest BCUT2D eigenvalue weighted by Crippen LogP contribution is 2.76. The minimum absolute atomic E-state index is 0.0827. The quantitative estimate of drug-likeness (QED) is 0.212. The van der Waals surface area contributed by atoms with E-state index in [9.17, 15) is 14.7 Å². The minimum Gasteiger partial charge on any atom is -0.481 e. The van der Waals surface area contributed by atoms with Crippen molar-refractivity contribution in [2.75, 3.05) is 6.54 Å². The molecule has 2 N–H and O–H groups in total. The van der Waals surface area contributed by atoms with E-state index < -0.39 is 11.4 Å². The summed E-state index contributed by atoms with van der Waals surface area (Å²) in [7, 11) is 0. The molecule has 6 saturated carbocycles. The highest BCUT2D eigenvalue weighted by Gasteiger charge is 2.71. The van der Waals surface area contributed by atoms with Crippen LogP contribution in [0.1, 0.15) is 139 Å². The molecule has 0 bridgehead atoms. The van der Waals surface area contributed by atoms with Gasteiger partial charge in [-0.15, -0.1) is 0 Å². The van der Waals surface area contributed by atoms with E-state index in [1.165, 1.54) is 76.3 Å². The molecule has 0 aliphatic heterocycles. The van der Waals surface area contributed by atoms with Crippen LogP contribution in [-0.4, -0.2) is 35.2 Å². The molecule has 6 aliphatic rings. The van der Waals surface area contributed by atoms with E-state index in [2.05, 4.69) is 53.4 Å². The van der Waals surface area contributed by atoms with Gasteiger partial charge in [-0.25, -0.2) is 0 Å². The van der Waals surface area contributed by atoms with Crippen LogP contribution in [0.5, 0.6) is 0 Å². The van der Waals surface area contributed by atoms with Crippen LogP contribution in [0, 0.1) is 62.6 Å². The summed E-state index contributed by atoms with van der Waals surface area (Å²) in [5, 5.41) is 13.8. The van der Waals surface area contributed by atoms with Crippen LogP contribution in [-0.2, 0) is 14.3 Å². The topological polar surface area (TPSA) is 75.6 Å². The molecule has 0 aromatic heterocycles. The molecule has 0 spiro atoms. The van der Waals surface area contributed by atoms with Crippen molar-refractivity contribution in [2.24, 2.45) is 62.6 Å². The van der Waals surface area contributed by atoms with Gasteiger partial charge in [0.2, 0.25) is 0 Å². The van der Waals surface area contributed by atoms with Crippen LogP contribution in [0.15, 0.2) is 12.2 Å². The van der Waals surface area contributed by atoms with Crippen LogP contribution in [0.2, 0.25) is 0 Å². The molecule has 0 heterocycles. The summed E-state index contributed by atoms with van der Waals surface area (Å²) < 4.78 is 6.17. The molecule has 0 saturated heterocycles. The van der Waals surface area contributed by atoms with Gasteiger partial charge in [0, 0.05) is 11.0 Å². The first kappa shape index (κ1) is 32.6. The maximum Gasteiger partial charge on any atom is 0.309 e. The minimum atomic E-state index is -1.11. The Morgan fingerprint density at radius 3 is 2.20 bits per heavy atom. The Bertz CT molecular complexity index is 1190. The molecular formula is C39H63NO4. The van der Waals surface area contributed by atoms with E-state index in [1.807, 2.05) is 0 Å². The number of aliphatic carboxylic acids is 1. The maximum atomic E-state index is 13.0. The first-order chi connectivity index (χ1) is 20.4. The fraction of sp³-hybridized carbons (Fsp3) is 0.897. The average Bonchev–Trinajstić information content (AvgIpc) is 3.67. The molecular weight excluding hydrogens is 546 g/mol. The van der Waals surface area contributed by atoms with E-state index in [0.29, 0.717) is 40.0 Å². The molecule has 10 atom stereocenters. The van der Waals surface area contributed by atoms with Crippen molar-refractivity contribution < 1.29 is 19.4 Å². The average molecular weight is 610 g/mol. The normalized spacial score (nSPS) is 46.2. The molecule has 0 unspecified atom stereocenters. The smallest absolute Gasteiger partial charge is 0.309 e. The fourth-order valence-electron chi connectivity index (χ4n) is 12.9. The van der Waals surface area contributed by atoms with Crippen molar-refractivity contribution in [3.8, 4) is 0 Å². The third-order valence-corrected chi connectivity index (χ3v) is 15.9. The van der Waals surface area contributed by atoms with Gasteiger partial charge < -0.3 is 15.2 Å². The highest BCUT2D eigenvalue weighted by molar-refractivity contribution is 5.81. The monoisotopic (exact) mass is 609 g/mol. The number of hydrogen-bond donors (Lipinski definition) is 2. The van der Waals surface area contributed by atoms with Crippen molar-refractivity contribution in [1.82, 2.24) is 5.32 Å². The van der Waals surface area contributed by atoms with Gasteiger partial charge in [-0.3, -0.25) is 9.59 Å². The van der Waals surface area contributed by atoms with Crippen LogP contribution >= 0.6 is 0 Å². The fourth-order valence-corrected chi connectivity index (χ4v) is 12.9. The van der Waals surface area contributed by atoms with Gasteiger partial charge in [0.05, 0.1) is 11.8 Å². The molecule has 6 fully saturated rings.